The van der Waals surface area contributed by atoms with Crippen LogP contribution in [0.2, 0.25) is 0 Å². The van der Waals surface area contributed by atoms with Gasteiger partial charge in [-0.2, -0.15) is 4.99 Å². The van der Waals surface area contributed by atoms with Crippen LogP contribution < -0.4 is 5.32 Å². The molecular formula is C24H27N3O5. The third-order valence-corrected chi connectivity index (χ3v) is 5.90. The number of hydrogen-bond donors (Lipinski definition) is 3. The predicted molar refractivity (Wildman–Crippen MR) is 119 cm³/mol. The molecule has 4 aliphatic rings. The van der Waals surface area contributed by atoms with Gasteiger partial charge in [0, 0.05) is 17.7 Å². The van der Waals surface area contributed by atoms with E-state index in [0.29, 0.717) is 12.6 Å². The van der Waals surface area contributed by atoms with Crippen LogP contribution in [0.4, 0.5) is 0 Å². The second-order valence-electron chi connectivity index (χ2n) is 9.11. The van der Waals surface area contributed by atoms with E-state index in [2.05, 4.69) is 34.1 Å². The first-order valence-corrected chi connectivity index (χ1v) is 10.8. The molecule has 0 spiro atoms. The van der Waals surface area contributed by atoms with Crippen LogP contribution in [-0.4, -0.2) is 71.3 Å². The van der Waals surface area contributed by atoms with E-state index in [1.807, 2.05) is 24.3 Å². The number of hydrogen-bond acceptors (Lipinski definition) is 8. The van der Waals surface area contributed by atoms with Crippen LogP contribution in [-0.2, 0) is 14.2 Å². The van der Waals surface area contributed by atoms with Gasteiger partial charge in [0.2, 0.25) is 0 Å². The molecule has 32 heavy (non-hydrogen) atoms. The lowest BCUT2D eigenvalue weighted by Gasteiger charge is -2.24. The summed E-state index contributed by atoms with van der Waals surface area (Å²) in [6.45, 7) is 6.01. The van der Waals surface area contributed by atoms with Crippen LogP contribution in [0.5, 0.6) is 0 Å². The SMILES string of the molecule is CC1=C(c2ccc(C#CC(C)(C)O)cc2)NC2=NC(O[C@@H]3COC4[C@H](O)CO[C@@H]43)=NC2C1. The van der Waals surface area contributed by atoms with E-state index in [-0.39, 0.29) is 31.0 Å². The van der Waals surface area contributed by atoms with Crippen LogP contribution >= 0.6 is 0 Å². The Bertz CT molecular complexity index is 1060. The smallest absolute Gasteiger partial charge is 0.314 e. The molecule has 0 aliphatic carbocycles. The summed E-state index contributed by atoms with van der Waals surface area (Å²) in [5.74, 6) is 6.57. The Balaban J connectivity index is 1.27. The van der Waals surface area contributed by atoms with Crippen LogP contribution in [0.15, 0.2) is 39.8 Å². The fourth-order valence-electron chi connectivity index (χ4n) is 4.28. The van der Waals surface area contributed by atoms with Crippen molar-refractivity contribution in [3.63, 3.8) is 0 Å². The maximum absolute atomic E-state index is 9.90. The number of nitrogens with one attached hydrogen (secondary N) is 1. The Morgan fingerprint density at radius 2 is 1.91 bits per heavy atom. The number of aliphatic imine (C=N–C) groups is 2. The molecule has 4 heterocycles. The molecule has 2 saturated heterocycles. The molecule has 2 fully saturated rings. The van der Waals surface area contributed by atoms with E-state index in [1.54, 1.807) is 13.8 Å². The summed E-state index contributed by atoms with van der Waals surface area (Å²) in [5.41, 5.74) is 3.04. The summed E-state index contributed by atoms with van der Waals surface area (Å²) in [7, 11) is 0. The predicted octanol–water partition coefficient (Wildman–Crippen LogP) is 1.21. The summed E-state index contributed by atoms with van der Waals surface area (Å²) in [6.07, 6.45) is -0.835. The second-order valence-corrected chi connectivity index (χ2v) is 9.11. The number of fused-ring (bicyclic) bond motifs is 2. The maximum Gasteiger partial charge on any atom is 0.314 e. The number of aliphatic hydroxyl groups excluding tert-OH is 1. The first kappa shape index (κ1) is 21.2. The largest absolute Gasteiger partial charge is 0.455 e. The lowest BCUT2D eigenvalue weighted by molar-refractivity contribution is 0.00562. The van der Waals surface area contributed by atoms with E-state index in [4.69, 9.17) is 14.2 Å². The van der Waals surface area contributed by atoms with Gasteiger partial charge in [0.05, 0.1) is 13.2 Å². The first-order valence-electron chi connectivity index (χ1n) is 10.8. The van der Waals surface area contributed by atoms with Crippen molar-refractivity contribution in [3.8, 4) is 11.8 Å². The Kier molecular flexibility index (Phi) is 5.30. The van der Waals surface area contributed by atoms with E-state index in [1.165, 1.54) is 5.57 Å². The van der Waals surface area contributed by atoms with Gasteiger partial charge in [-0.15, -0.1) is 0 Å². The highest BCUT2D eigenvalue weighted by Crippen LogP contribution is 2.31. The van der Waals surface area contributed by atoms with Gasteiger partial charge < -0.3 is 29.7 Å². The highest BCUT2D eigenvalue weighted by Gasteiger charge is 2.49. The number of aliphatic hydroxyl groups is 2. The van der Waals surface area contributed by atoms with Crippen molar-refractivity contribution in [1.82, 2.24) is 5.32 Å². The second kappa shape index (κ2) is 8.01. The molecule has 5 atom stereocenters. The summed E-state index contributed by atoms with van der Waals surface area (Å²) >= 11 is 0. The van der Waals surface area contributed by atoms with Gasteiger partial charge in [-0.1, -0.05) is 24.0 Å². The average Bonchev–Trinajstić information content (AvgIpc) is 3.43. The van der Waals surface area contributed by atoms with E-state index >= 15 is 0 Å². The lowest BCUT2D eigenvalue weighted by atomic mass is 9.96. The minimum absolute atomic E-state index is 0.0983. The minimum atomic E-state index is -1.02. The molecule has 3 N–H and O–H groups in total. The Morgan fingerprint density at radius 1 is 1.16 bits per heavy atom. The van der Waals surface area contributed by atoms with Crippen molar-refractivity contribution in [2.75, 3.05) is 13.2 Å². The van der Waals surface area contributed by atoms with Crippen molar-refractivity contribution in [3.05, 3.63) is 41.0 Å². The van der Waals surface area contributed by atoms with E-state index in [0.717, 1.165) is 29.1 Å². The van der Waals surface area contributed by atoms with Crippen molar-refractivity contribution < 1.29 is 24.4 Å². The molecule has 2 unspecified atom stereocenters. The normalized spacial score (nSPS) is 31.2. The standard InChI is InChI=1S/C24H27N3O5/c1-13-10-16-22(26-19(13)15-6-4-14(5-7-15)8-9-24(2,3)29)27-23(25-16)32-18-12-31-20-17(28)11-30-21(18)20/h4-7,16-18,20-21,28-29H,10-12H2,1-3H3,(H,25,26,27)/t16?,17-,18-,20?,21-/m1/s1. The highest BCUT2D eigenvalue weighted by atomic mass is 16.6. The summed E-state index contributed by atoms with van der Waals surface area (Å²) in [4.78, 5) is 9.19. The van der Waals surface area contributed by atoms with Crippen LogP contribution in [0.25, 0.3) is 5.70 Å². The molecule has 1 aromatic rings. The van der Waals surface area contributed by atoms with Gasteiger partial charge in [0.1, 0.15) is 35.8 Å². The van der Waals surface area contributed by atoms with Crippen molar-refractivity contribution in [2.45, 2.75) is 63.3 Å². The third-order valence-electron chi connectivity index (χ3n) is 5.90. The van der Waals surface area contributed by atoms with Crippen LogP contribution in [0.3, 0.4) is 0 Å². The molecule has 8 nitrogen and oxygen atoms in total. The molecule has 4 aliphatic heterocycles. The molecular weight excluding hydrogens is 410 g/mol. The fraction of sp³-hybridized carbons (Fsp3) is 0.500. The quantitative estimate of drug-likeness (QED) is 0.601. The molecule has 1 aromatic carbocycles. The summed E-state index contributed by atoms with van der Waals surface area (Å²) in [5, 5.41) is 23.1. The number of rotatable bonds is 2. The summed E-state index contributed by atoms with van der Waals surface area (Å²) < 4.78 is 17.2. The van der Waals surface area contributed by atoms with Gasteiger partial charge >= 0.3 is 6.02 Å². The van der Waals surface area contributed by atoms with Gasteiger partial charge in [-0.05, 0) is 44.0 Å². The fourth-order valence-corrected chi connectivity index (χ4v) is 4.28. The molecule has 0 bridgehead atoms. The van der Waals surface area contributed by atoms with Gasteiger partial charge in [-0.25, -0.2) is 4.99 Å². The first-order chi connectivity index (χ1) is 15.3. The van der Waals surface area contributed by atoms with Crippen molar-refractivity contribution in [1.29, 1.82) is 0 Å². The molecule has 0 saturated carbocycles. The van der Waals surface area contributed by atoms with E-state index in [9.17, 15) is 10.2 Å². The Morgan fingerprint density at radius 3 is 2.66 bits per heavy atom. The van der Waals surface area contributed by atoms with Crippen molar-refractivity contribution >= 4 is 17.6 Å². The van der Waals surface area contributed by atoms with Gasteiger partial charge in [-0.3, -0.25) is 0 Å². The Labute approximate surface area is 187 Å². The van der Waals surface area contributed by atoms with Crippen molar-refractivity contribution in [2.24, 2.45) is 9.98 Å². The topological polar surface area (TPSA) is 105 Å². The molecule has 0 radical (unpaired) electrons. The lowest BCUT2D eigenvalue weighted by Crippen LogP contribution is -2.35. The number of amidine groups is 2. The van der Waals surface area contributed by atoms with Crippen LogP contribution in [0.1, 0.15) is 38.3 Å². The third kappa shape index (κ3) is 4.17. The monoisotopic (exact) mass is 437 g/mol. The molecule has 5 rings (SSSR count). The zero-order chi connectivity index (χ0) is 22.5. The number of ether oxygens (including phenoxy) is 3. The van der Waals surface area contributed by atoms with Gasteiger partial charge in [0.25, 0.3) is 0 Å². The van der Waals surface area contributed by atoms with Crippen LogP contribution in [0, 0.1) is 11.8 Å². The highest BCUT2D eigenvalue weighted by molar-refractivity contribution is 6.07. The zero-order valence-corrected chi connectivity index (χ0v) is 18.3. The molecule has 0 aromatic heterocycles. The maximum atomic E-state index is 9.90. The summed E-state index contributed by atoms with van der Waals surface area (Å²) in [6, 6.07) is 8.12. The zero-order valence-electron chi connectivity index (χ0n) is 18.3. The number of benzene rings is 1. The minimum Gasteiger partial charge on any atom is -0.455 e. The molecule has 8 heteroatoms. The average molecular weight is 437 g/mol. The number of nitrogens with zero attached hydrogens (tertiary/aromatic N) is 2. The van der Waals surface area contributed by atoms with Gasteiger partial charge in [0.15, 0.2) is 6.10 Å². The Hall–Kier alpha value is -2.70. The molecule has 168 valence electrons. The molecule has 0 amide bonds. The van der Waals surface area contributed by atoms with E-state index < -0.39 is 11.7 Å².